The molecule has 0 saturated carbocycles. The molecule has 2 rings (SSSR count). The molecule has 4 nitrogen and oxygen atoms in total. The Balaban J connectivity index is 1.67. The smallest absolute Gasteiger partial charge is 0.243 e. The van der Waals surface area contributed by atoms with Crippen molar-refractivity contribution in [2.75, 3.05) is 12.4 Å². The highest BCUT2D eigenvalue weighted by molar-refractivity contribution is 7.98. The number of hydrogen-bond donors (Lipinski definition) is 0. The number of aromatic nitrogens is 2. The highest BCUT2D eigenvalue weighted by Gasteiger charge is 2.06. The van der Waals surface area contributed by atoms with Crippen molar-refractivity contribution < 1.29 is 9.15 Å². The molecule has 0 aliphatic heterocycles. The summed E-state index contributed by atoms with van der Waals surface area (Å²) >= 11 is 1.72. The predicted molar refractivity (Wildman–Crippen MR) is 81.7 cm³/mol. The fraction of sp³-hybridized carbons (Fsp3) is 0.333. The molecule has 1 aromatic carbocycles. The van der Waals surface area contributed by atoms with Crippen LogP contribution in [0.1, 0.15) is 25.6 Å². The molecule has 5 heteroatoms. The topological polar surface area (TPSA) is 48.2 Å². The summed E-state index contributed by atoms with van der Waals surface area (Å²) in [5, 5.41) is 8.03. The molecule has 2 aromatic rings. The number of thioether (sulfide) groups is 1. The fourth-order valence-electron chi connectivity index (χ4n) is 1.49. The summed E-state index contributed by atoms with van der Waals surface area (Å²) in [4.78, 5) is 0. The molecular formula is C15H18N2O2S. The van der Waals surface area contributed by atoms with Gasteiger partial charge in [0.1, 0.15) is 5.75 Å². The van der Waals surface area contributed by atoms with Gasteiger partial charge < -0.3 is 9.15 Å². The van der Waals surface area contributed by atoms with Gasteiger partial charge in [-0.15, -0.1) is 22.0 Å². The zero-order chi connectivity index (χ0) is 14.2. The van der Waals surface area contributed by atoms with E-state index >= 15 is 0 Å². The monoisotopic (exact) mass is 290 g/mol. The van der Waals surface area contributed by atoms with Gasteiger partial charge in [-0.2, -0.15) is 0 Å². The lowest BCUT2D eigenvalue weighted by Crippen LogP contribution is -2.00. The van der Waals surface area contributed by atoms with Crippen LogP contribution in [0.3, 0.4) is 0 Å². The second-order valence-electron chi connectivity index (χ2n) is 4.19. The van der Waals surface area contributed by atoms with Crippen molar-refractivity contribution in [1.29, 1.82) is 0 Å². The summed E-state index contributed by atoms with van der Waals surface area (Å²) in [7, 11) is 0. The van der Waals surface area contributed by atoms with Gasteiger partial charge >= 0.3 is 0 Å². The molecule has 0 aliphatic rings. The van der Waals surface area contributed by atoms with Gasteiger partial charge in [-0.3, -0.25) is 0 Å². The first-order valence-corrected chi connectivity index (χ1v) is 7.66. The van der Waals surface area contributed by atoms with Gasteiger partial charge in [0.05, 0.1) is 12.4 Å². The average molecular weight is 290 g/mol. The molecule has 0 aliphatic carbocycles. The van der Waals surface area contributed by atoms with Crippen LogP contribution < -0.4 is 4.74 Å². The summed E-state index contributed by atoms with van der Waals surface area (Å²) in [5.74, 6) is 3.75. The first-order chi connectivity index (χ1) is 9.79. The van der Waals surface area contributed by atoms with Crippen LogP contribution in [0, 0.1) is 0 Å². The third-order valence-corrected chi connectivity index (χ3v) is 3.61. The molecule has 0 amide bonds. The van der Waals surface area contributed by atoms with Crippen LogP contribution in [0.5, 0.6) is 5.75 Å². The summed E-state index contributed by atoms with van der Waals surface area (Å²) in [6.07, 6.45) is 1.96. The minimum atomic E-state index is 0.601. The molecule has 0 unspecified atom stereocenters. The molecule has 0 radical (unpaired) electrons. The Bertz CT molecular complexity index is 552. The lowest BCUT2D eigenvalue weighted by Gasteiger charge is -2.04. The summed E-state index contributed by atoms with van der Waals surface area (Å²) < 4.78 is 11.2. The van der Waals surface area contributed by atoms with Crippen LogP contribution in [0.15, 0.2) is 40.8 Å². The number of rotatable bonds is 7. The second-order valence-corrected chi connectivity index (χ2v) is 5.29. The van der Waals surface area contributed by atoms with E-state index < -0.39 is 0 Å². The number of benzene rings is 1. The Labute approximate surface area is 123 Å². The van der Waals surface area contributed by atoms with Gasteiger partial charge in [0.15, 0.2) is 0 Å². The fourth-order valence-corrected chi connectivity index (χ4v) is 2.13. The lowest BCUT2D eigenvalue weighted by atomic mass is 10.3. The molecule has 0 spiro atoms. The Kier molecular flexibility index (Phi) is 5.68. The van der Waals surface area contributed by atoms with E-state index in [1.807, 2.05) is 50.3 Å². The predicted octanol–water partition coefficient (Wildman–Crippen LogP) is 3.81. The number of ether oxygens (including phenoxy) is 1. The summed E-state index contributed by atoms with van der Waals surface area (Å²) in [6, 6.07) is 9.81. The Hall–Kier alpha value is -1.75. The van der Waals surface area contributed by atoms with E-state index in [4.69, 9.17) is 9.15 Å². The first-order valence-electron chi connectivity index (χ1n) is 6.51. The largest absolute Gasteiger partial charge is 0.493 e. The van der Waals surface area contributed by atoms with Gasteiger partial charge in [0, 0.05) is 11.3 Å². The third-order valence-electron chi connectivity index (χ3n) is 2.70. The van der Waals surface area contributed by atoms with E-state index in [2.05, 4.69) is 10.2 Å². The number of allylic oxidation sites excluding steroid dienone is 2. The normalized spacial score (nSPS) is 11.6. The van der Waals surface area contributed by atoms with Crippen molar-refractivity contribution in [3.63, 3.8) is 0 Å². The van der Waals surface area contributed by atoms with E-state index in [-0.39, 0.29) is 0 Å². The molecule has 20 heavy (non-hydrogen) atoms. The van der Waals surface area contributed by atoms with E-state index in [9.17, 15) is 0 Å². The van der Waals surface area contributed by atoms with Crippen molar-refractivity contribution in [1.82, 2.24) is 10.2 Å². The van der Waals surface area contributed by atoms with Crippen molar-refractivity contribution in [2.24, 2.45) is 0 Å². The number of para-hydroxylation sites is 1. The van der Waals surface area contributed by atoms with Gasteiger partial charge in [0.2, 0.25) is 11.8 Å². The highest BCUT2D eigenvalue weighted by atomic mass is 32.2. The highest BCUT2D eigenvalue weighted by Crippen LogP contribution is 2.16. The number of nitrogens with zero attached hydrogens (tertiary/aromatic N) is 2. The molecule has 1 aromatic heterocycles. The molecule has 0 fully saturated rings. The zero-order valence-corrected chi connectivity index (χ0v) is 12.5. The van der Waals surface area contributed by atoms with Crippen molar-refractivity contribution in [3.05, 3.63) is 48.2 Å². The molecule has 0 N–H and O–H groups in total. The van der Waals surface area contributed by atoms with E-state index in [1.54, 1.807) is 11.8 Å². The molecule has 0 atom stereocenters. The minimum Gasteiger partial charge on any atom is -0.493 e. The SMILES string of the molecule is C/C=C(\C)c1nnc(CSCCOc2ccccc2)o1. The molecule has 0 saturated heterocycles. The maximum absolute atomic E-state index is 5.61. The Morgan fingerprint density at radius 3 is 2.85 bits per heavy atom. The lowest BCUT2D eigenvalue weighted by molar-refractivity contribution is 0.344. The zero-order valence-electron chi connectivity index (χ0n) is 11.7. The molecular weight excluding hydrogens is 272 g/mol. The average Bonchev–Trinajstić information content (AvgIpc) is 2.96. The molecule has 1 heterocycles. The molecule has 106 valence electrons. The van der Waals surface area contributed by atoms with E-state index in [0.29, 0.717) is 24.1 Å². The van der Waals surface area contributed by atoms with Gasteiger partial charge in [-0.25, -0.2) is 0 Å². The third kappa shape index (κ3) is 4.42. The maximum Gasteiger partial charge on any atom is 0.243 e. The van der Waals surface area contributed by atoms with Crippen LogP contribution in [0.4, 0.5) is 0 Å². The van der Waals surface area contributed by atoms with Crippen molar-refractivity contribution in [2.45, 2.75) is 19.6 Å². The summed E-state index contributed by atoms with van der Waals surface area (Å²) in [6.45, 7) is 4.58. The first kappa shape index (κ1) is 14.7. The quantitative estimate of drug-likeness (QED) is 0.726. The van der Waals surface area contributed by atoms with Gasteiger partial charge in [-0.1, -0.05) is 24.3 Å². The van der Waals surface area contributed by atoms with Crippen LogP contribution in [-0.4, -0.2) is 22.6 Å². The standard InChI is InChI=1S/C15H18N2O2S/c1-3-12(2)15-17-16-14(19-15)11-20-10-9-18-13-7-5-4-6-8-13/h3-8H,9-11H2,1-2H3/b12-3+. The summed E-state index contributed by atoms with van der Waals surface area (Å²) in [5.41, 5.74) is 1.00. The second kappa shape index (κ2) is 7.75. The van der Waals surface area contributed by atoms with Gasteiger partial charge in [-0.05, 0) is 26.0 Å². The number of hydrogen-bond acceptors (Lipinski definition) is 5. The van der Waals surface area contributed by atoms with E-state index in [1.165, 1.54) is 0 Å². The minimum absolute atomic E-state index is 0.601. The van der Waals surface area contributed by atoms with Crippen LogP contribution >= 0.6 is 11.8 Å². The Morgan fingerprint density at radius 2 is 2.10 bits per heavy atom. The van der Waals surface area contributed by atoms with E-state index in [0.717, 1.165) is 17.1 Å². The van der Waals surface area contributed by atoms with Gasteiger partial charge in [0.25, 0.3) is 0 Å². The van der Waals surface area contributed by atoms with Crippen LogP contribution in [0.2, 0.25) is 0 Å². The maximum atomic E-state index is 5.61. The van der Waals surface area contributed by atoms with Crippen molar-refractivity contribution >= 4 is 17.3 Å². The molecule has 0 bridgehead atoms. The Morgan fingerprint density at radius 1 is 1.30 bits per heavy atom. The van der Waals surface area contributed by atoms with Crippen molar-refractivity contribution in [3.8, 4) is 5.75 Å². The van der Waals surface area contributed by atoms with Crippen LogP contribution in [0.25, 0.3) is 5.57 Å². The van der Waals surface area contributed by atoms with Crippen LogP contribution in [-0.2, 0) is 5.75 Å².